The second-order valence-corrected chi connectivity index (χ2v) is 7.71. The van der Waals surface area contributed by atoms with Crippen molar-refractivity contribution in [1.29, 1.82) is 0 Å². The molecule has 3 nitrogen and oxygen atoms in total. The Bertz CT molecular complexity index is 513. The summed E-state index contributed by atoms with van der Waals surface area (Å²) in [5.74, 6) is 0.286. The van der Waals surface area contributed by atoms with Crippen molar-refractivity contribution in [2.24, 2.45) is 5.92 Å². The molecule has 0 aromatic carbocycles. The van der Waals surface area contributed by atoms with Gasteiger partial charge in [0.15, 0.2) is 5.78 Å². The van der Waals surface area contributed by atoms with Crippen molar-refractivity contribution in [2.75, 3.05) is 0 Å². The Morgan fingerprint density at radius 1 is 1.32 bits per heavy atom. The minimum atomic E-state index is -0.699. The van der Waals surface area contributed by atoms with Gasteiger partial charge in [0.25, 0.3) is 0 Å². The second kappa shape index (κ2) is 5.16. The number of rotatable bonds is 2. The van der Waals surface area contributed by atoms with Crippen LogP contribution in [0.3, 0.4) is 0 Å². The minimum Gasteiger partial charge on any atom is -0.294 e. The Labute approximate surface area is 116 Å². The molecular formula is C15H19NO2S. The molecule has 19 heavy (non-hydrogen) atoms. The van der Waals surface area contributed by atoms with Crippen molar-refractivity contribution in [3.05, 3.63) is 29.6 Å². The third kappa shape index (κ3) is 2.50. The van der Waals surface area contributed by atoms with E-state index < -0.39 is 10.8 Å². The number of Topliss-reactive ketones (excluding diaryl/α,β-unsaturated/α-hetero) is 1. The molecule has 0 amide bonds. The van der Waals surface area contributed by atoms with Crippen molar-refractivity contribution in [1.82, 2.24) is 4.98 Å². The van der Waals surface area contributed by atoms with Crippen LogP contribution in [0.1, 0.15) is 48.2 Å². The molecule has 0 N–H and O–H groups in total. The van der Waals surface area contributed by atoms with Gasteiger partial charge in [0.1, 0.15) is 0 Å². The van der Waals surface area contributed by atoms with Gasteiger partial charge in [-0.05, 0) is 44.7 Å². The number of carbonyl (C=O) groups excluding carboxylic acids is 1. The number of hydrogen-bond acceptors (Lipinski definition) is 3. The molecule has 102 valence electrons. The highest BCUT2D eigenvalue weighted by molar-refractivity contribution is 7.86. The first-order chi connectivity index (χ1) is 9.15. The number of pyridine rings is 1. The first-order valence-electron chi connectivity index (χ1n) is 7.01. The Balaban J connectivity index is 1.80. The maximum atomic E-state index is 12.6. The molecule has 3 heterocycles. The van der Waals surface area contributed by atoms with Crippen LogP contribution in [0.2, 0.25) is 0 Å². The maximum absolute atomic E-state index is 12.6. The number of ketones is 1. The molecule has 3 rings (SSSR count). The Morgan fingerprint density at radius 3 is 2.63 bits per heavy atom. The quantitative estimate of drug-likeness (QED) is 0.781. The highest BCUT2D eigenvalue weighted by Crippen LogP contribution is 2.38. The fraction of sp³-hybridized carbons (Fsp3) is 0.600. The zero-order valence-electron chi connectivity index (χ0n) is 11.2. The van der Waals surface area contributed by atoms with Crippen molar-refractivity contribution >= 4 is 16.6 Å². The number of carbonyl (C=O) groups is 1. The predicted molar refractivity (Wildman–Crippen MR) is 75.6 cm³/mol. The van der Waals surface area contributed by atoms with E-state index in [2.05, 4.69) is 4.98 Å². The molecule has 0 radical (unpaired) electrons. The summed E-state index contributed by atoms with van der Waals surface area (Å²) in [7, 11) is -0.699. The van der Waals surface area contributed by atoms with Crippen molar-refractivity contribution in [3.63, 3.8) is 0 Å². The van der Waals surface area contributed by atoms with Gasteiger partial charge in [0.2, 0.25) is 0 Å². The molecule has 4 heteroatoms. The average Bonchev–Trinajstić information content (AvgIpc) is 2.37. The zero-order chi connectivity index (χ0) is 13.4. The van der Waals surface area contributed by atoms with E-state index >= 15 is 0 Å². The second-order valence-electron chi connectivity index (χ2n) is 5.72. The monoisotopic (exact) mass is 277 g/mol. The van der Waals surface area contributed by atoms with Crippen molar-refractivity contribution in [2.45, 2.75) is 49.5 Å². The third-order valence-corrected chi connectivity index (χ3v) is 6.53. The van der Waals surface area contributed by atoms with Gasteiger partial charge >= 0.3 is 0 Å². The van der Waals surface area contributed by atoms with E-state index in [0.29, 0.717) is 0 Å². The first kappa shape index (κ1) is 13.0. The molecule has 2 unspecified atom stereocenters. The van der Waals surface area contributed by atoms with E-state index in [9.17, 15) is 9.00 Å². The van der Waals surface area contributed by atoms with Crippen LogP contribution in [-0.4, -0.2) is 25.5 Å². The SMILES string of the molecule is Cc1cc(C(=O)C2CC3CCCC(C2)S3=O)ccn1. The number of nitrogens with zero attached hydrogens (tertiary/aromatic N) is 1. The van der Waals surface area contributed by atoms with Gasteiger partial charge in [0, 0.05) is 44.7 Å². The lowest BCUT2D eigenvalue weighted by Gasteiger charge is -2.37. The summed E-state index contributed by atoms with van der Waals surface area (Å²) in [5, 5.41) is 0.508. The van der Waals surface area contributed by atoms with E-state index in [0.717, 1.165) is 36.9 Å². The fourth-order valence-electron chi connectivity index (χ4n) is 3.38. The molecule has 2 atom stereocenters. The van der Waals surface area contributed by atoms with Crippen LogP contribution in [0.15, 0.2) is 18.3 Å². The van der Waals surface area contributed by atoms with Crippen LogP contribution in [0, 0.1) is 12.8 Å². The van der Waals surface area contributed by atoms with E-state index in [-0.39, 0.29) is 22.2 Å². The van der Waals surface area contributed by atoms with Crippen LogP contribution < -0.4 is 0 Å². The Morgan fingerprint density at radius 2 is 2.00 bits per heavy atom. The van der Waals surface area contributed by atoms with E-state index in [1.54, 1.807) is 12.3 Å². The molecule has 2 aliphatic rings. The zero-order valence-corrected chi connectivity index (χ0v) is 12.0. The molecule has 2 aliphatic heterocycles. The van der Waals surface area contributed by atoms with Gasteiger partial charge in [-0.3, -0.25) is 14.0 Å². The summed E-state index contributed by atoms with van der Waals surface area (Å²) < 4.78 is 12.2. The van der Waals surface area contributed by atoms with E-state index in [1.807, 2.05) is 13.0 Å². The lowest BCUT2D eigenvalue weighted by atomic mass is 9.84. The van der Waals surface area contributed by atoms with Crippen molar-refractivity contribution in [3.8, 4) is 0 Å². The minimum absolute atomic E-state index is 0.0646. The smallest absolute Gasteiger partial charge is 0.166 e. The lowest BCUT2D eigenvalue weighted by Crippen LogP contribution is -2.41. The van der Waals surface area contributed by atoms with E-state index in [4.69, 9.17) is 0 Å². The average molecular weight is 277 g/mol. The van der Waals surface area contributed by atoms with Gasteiger partial charge in [-0.2, -0.15) is 0 Å². The Hall–Kier alpha value is -1.03. The van der Waals surface area contributed by atoms with Crippen LogP contribution in [0.5, 0.6) is 0 Å². The molecule has 2 fully saturated rings. The van der Waals surface area contributed by atoms with Gasteiger partial charge in [-0.15, -0.1) is 0 Å². The standard InChI is InChI=1S/C15H19NO2S/c1-10-7-11(5-6-16-10)15(17)12-8-13-3-2-4-14(9-12)19(13)18/h5-7,12-14H,2-4,8-9H2,1H3. The predicted octanol–water partition coefficient (Wildman–Crippen LogP) is 2.65. The highest BCUT2D eigenvalue weighted by atomic mass is 32.2. The topological polar surface area (TPSA) is 47.0 Å². The summed E-state index contributed by atoms with van der Waals surface area (Å²) >= 11 is 0. The number of hydrogen-bond donors (Lipinski definition) is 0. The van der Waals surface area contributed by atoms with Gasteiger partial charge in [0.05, 0.1) is 0 Å². The Kier molecular flexibility index (Phi) is 3.52. The summed E-state index contributed by atoms with van der Waals surface area (Å²) in [5.41, 5.74) is 1.65. The molecule has 1 aromatic rings. The summed E-state index contributed by atoms with van der Waals surface area (Å²) in [6.45, 7) is 1.90. The van der Waals surface area contributed by atoms with Gasteiger partial charge in [-0.25, -0.2) is 0 Å². The van der Waals surface area contributed by atoms with Crippen molar-refractivity contribution < 1.29 is 9.00 Å². The molecule has 2 saturated heterocycles. The number of fused-ring (bicyclic) bond motifs is 2. The summed E-state index contributed by atoms with van der Waals surface area (Å²) in [6.07, 6.45) is 6.55. The fourth-order valence-corrected chi connectivity index (χ4v) is 5.57. The molecular weight excluding hydrogens is 258 g/mol. The molecule has 0 spiro atoms. The number of aromatic nitrogens is 1. The lowest BCUT2D eigenvalue weighted by molar-refractivity contribution is 0.0895. The molecule has 2 bridgehead atoms. The highest BCUT2D eigenvalue weighted by Gasteiger charge is 2.40. The van der Waals surface area contributed by atoms with Crippen LogP contribution in [-0.2, 0) is 10.8 Å². The van der Waals surface area contributed by atoms with Gasteiger partial charge < -0.3 is 0 Å². The van der Waals surface area contributed by atoms with Crippen LogP contribution in [0.25, 0.3) is 0 Å². The first-order valence-corrected chi connectivity index (χ1v) is 8.29. The normalized spacial score (nSPS) is 33.9. The largest absolute Gasteiger partial charge is 0.294 e. The summed E-state index contributed by atoms with van der Waals surface area (Å²) in [6, 6.07) is 3.67. The number of aryl methyl sites for hydroxylation is 1. The molecule has 0 saturated carbocycles. The van der Waals surface area contributed by atoms with Crippen LogP contribution in [0.4, 0.5) is 0 Å². The molecule has 1 aromatic heterocycles. The maximum Gasteiger partial charge on any atom is 0.166 e. The third-order valence-electron chi connectivity index (χ3n) is 4.36. The molecule has 0 aliphatic carbocycles. The van der Waals surface area contributed by atoms with Gasteiger partial charge in [-0.1, -0.05) is 6.42 Å². The van der Waals surface area contributed by atoms with E-state index in [1.165, 1.54) is 6.42 Å². The van der Waals surface area contributed by atoms with Crippen LogP contribution >= 0.6 is 0 Å². The summed E-state index contributed by atoms with van der Waals surface area (Å²) in [4.78, 5) is 16.7.